The van der Waals surface area contributed by atoms with Crippen LogP contribution < -0.4 is 0 Å². The molecule has 0 aliphatic carbocycles. The highest BCUT2D eigenvalue weighted by atomic mass is 35.5. The standard InChI is InChI=1S/C7H11ClO4/c1-4(8)6(7(10)11-3)12-5(2)9/h4,6H,1-3H3/t4-,6+/m1/s1. The second kappa shape index (κ2) is 4.98. The lowest BCUT2D eigenvalue weighted by Crippen LogP contribution is -2.34. The molecular formula is C7H11ClO4. The molecule has 0 aliphatic heterocycles. The van der Waals surface area contributed by atoms with E-state index in [1.807, 2.05) is 0 Å². The largest absolute Gasteiger partial charge is 0.466 e. The molecule has 2 atom stereocenters. The minimum Gasteiger partial charge on any atom is -0.466 e. The van der Waals surface area contributed by atoms with E-state index in [1.165, 1.54) is 14.0 Å². The highest BCUT2D eigenvalue weighted by Gasteiger charge is 2.27. The summed E-state index contributed by atoms with van der Waals surface area (Å²) >= 11 is 5.58. The van der Waals surface area contributed by atoms with Gasteiger partial charge in [-0.3, -0.25) is 4.79 Å². The van der Waals surface area contributed by atoms with Gasteiger partial charge in [-0.1, -0.05) is 0 Å². The number of rotatable bonds is 3. The summed E-state index contributed by atoms with van der Waals surface area (Å²) in [5, 5.41) is -0.596. The average Bonchev–Trinajstić information content (AvgIpc) is 1.98. The van der Waals surface area contributed by atoms with Crippen molar-refractivity contribution in [3.8, 4) is 0 Å². The molecule has 0 rings (SSSR count). The Kier molecular flexibility index (Phi) is 4.66. The van der Waals surface area contributed by atoms with E-state index in [1.54, 1.807) is 6.92 Å². The van der Waals surface area contributed by atoms with Crippen LogP contribution in [0.3, 0.4) is 0 Å². The molecule has 5 heteroatoms. The molecule has 70 valence electrons. The molecule has 12 heavy (non-hydrogen) atoms. The quantitative estimate of drug-likeness (QED) is 0.491. The van der Waals surface area contributed by atoms with Crippen molar-refractivity contribution >= 4 is 23.5 Å². The van der Waals surface area contributed by atoms with Crippen molar-refractivity contribution in [1.82, 2.24) is 0 Å². The molecule has 0 saturated carbocycles. The van der Waals surface area contributed by atoms with Crippen LogP contribution in [0.4, 0.5) is 0 Å². The van der Waals surface area contributed by atoms with Crippen LogP contribution >= 0.6 is 11.6 Å². The fourth-order valence-electron chi connectivity index (χ4n) is 0.624. The molecule has 4 nitrogen and oxygen atoms in total. The molecule has 0 spiro atoms. The number of hydrogen-bond acceptors (Lipinski definition) is 4. The second-order valence-corrected chi connectivity index (χ2v) is 2.92. The zero-order valence-corrected chi connectivity index (χ0v) is 7.92. The first-order chi connectivity index (χ1) is 5.49. The van der Waals surface area contributed by atoms with Crippen LogP contribution in [0.25, 0.3) is 0 Å². The third kappa shape index (κ3) is 3.57. The van der Waals surface area contributed by atoms with Gasteiger partial charge in [-0.2, -0.15) is 0 Å². The summed E-state index contributed by atoms with van der Waals surface area (Å²) in [6.07, 6.45) is -1.02. The fourth-order valence-corrected chi connectivity index (χ4v) is 0.779. The van der Waals surface area contributed by atoms with Crippen molar-refractivity contribution in [1.29, 1.82) is 0 Å². The Balaban J connectivity index is 4.23. The number of ether oxygens (including phenoxy) is 2. The lowest BCUT2D eigenvalue weighted by atomic mass is 10.3. The molecular weight excluding hydrogens is 184 g/mol. The normalized spacial score (nSPS) is 14.7. The summed E-state index contributed by atoms with van der Waals surface area (Å²) in [4.78, 5) is 21.4. The summed E-state index contributed by atoms with van der Waals surface area (Å²) in [5.41, 5.74) is 0. The Morgan fingerprint density at radius 1 is 1.42 bits per heavy atom. The topological polar surface area (TPSA) is 52.6 Å². The first kappa shape index (κ1) is 11.2. The number of alkyl halides is 1. The fraction of sp³-hybridized carbons (Fsp3) is 0.714. The monoisotopic (exact) mass is 194 g/mol. The van der Waals surface area contributed by atoms with Gasteiger partial charge in [0.15, 0.2) is 0 Å². The smallest absolute Gasteiger partial charge is 0.348 e. The Morgan fingerprint density at radius 2 is 1.92 bits per heavy atom. The van der Waals surface area contributed by atoms with Crippen LogP contribution in [0.2, 0.25) is 0 Å². The molecule has 0 fully saturated rings. The SMILES string of the molecule is COC(=O)[C@@H](OC(C)=O)[C@@H](C)Cl. The van der Waals surface area contributed by atoms with Gasteiger partial charge in [0, 0.05) is 6.92 Å². The highest BCUT2D eigenvalue weighted by Crippen LogP contribution is 2.08. The van der Waals surface area contributed by atoms with Gasteiger partial charge < -0.3 is 9.47 Å². The number of carbonyl (C=O) groups excluding carboxylic acids is 2. The third-order valence-electron chi connectivity index (χ3n) is 1.14. The number of esters is 2. The molecule has 0 aromatic rings. The summed E-state index contributed by atoms with van der Waals surface area (Å²) in [6, 6.07) is 0. The van der Waals surface area contributed by atoms with E-state index in [9.17, 15) is 9.59 Å². The molecule has 0 N–H and O–H groups in total. The van der Waals surface area contributed by atoms with Crippen LogP contribution in [0.5, 0.6) is 0 Å². The van der Waals surface area contributed by atoms with Crippen molar-refractivity contribution in [3.05, 3.63) is 0 Å². The van der Waals surface area contributed by atoms with Gasteiger partial charge in [0.05, 0.1) is 12.5 Å². The first-order valence-electron chi connectivity index (χ1n) is 3.38. The molecule has 0 aliphatic rings. The summed E-state index contributed by atoms with van der Waals surface area (Å²) in [5.74, 6) is -1.20. The molecule has 0 heterocycles. The van der Waals surface area contributed by atoms with E-state index in [0.29, 0.717) is 0 Å². The van der Waals surface area contributed by atoms with Crippen LogP contribution in [-0.2, 0) is 19.1 Å². The average molecular weight is 195 g/mol. The van der Waals surface area contributed by atoms with Gasteiger partial charge in [-0.15, -0.1) is 11.6 Å². The van der Waals surface area contributed by atoms with Crippen LogP contribution in [0, 0.1) is 0 Å². The van der Waals surface area contributed by atoms with E-state index >= 15 is 0 Å². The zero-order valence-electron chi connectivity index (χ0n) is 7.17. The van der Waals surface area contributed by atoms with Crippen molar-refractivity contribution < 1.29 is 19.1 Å². The summed E-state index contributed by atoms with van der Waals surface area (Å²) in [6.45, 7) is 2.75. The van der Waals surface area contributed by atoms with E-state index in [4.69, 9.17) is 11.6 Å². The van der Waals surface area contributed by atoms with Gasteiger partial charge in [0.1, 0.15) is 0 Å². The Bertz CT molecular complexity index is 178. The van der Waals surface area contributed by atoms with E-state index in [-0.39, 0.29) is 0 Å². The Hall–Kier alpha value is -0.770. The maximum atomic E-state index is 10.9. The minimum absolute atomic E-state index is 0.557. The van der Waals surface area contributed by atoms with Crippen LogP contribution in [0.15, 0.2) is 0 Å². The van der Waals surface area contributed by atoms with E-state index in [2.05, 4.69) is 9.47 Å². The maximum Gasteiger partial charge on any atom is 0.348 e. The van der Waals surface area contributed by atoms with Gasteiger partial charge >= 0.3 is 11.9 Å². The zero-order chi connectivity index (χ0) is 9.72. The van der Waals surface area contributed by atoms with Crippen LogP contribution in [0.1, 0.15) is 13.8 Å². The number of halogens is 1. The van der Waals surface area contributed by atoms with Gasteiger partial charge in [0.25, 0.3) is 0 Å². The third-order valence-corrected chi connectivity index (χ3v) is 1.37. The van der Waals surface area contributed by atoms with Crippen LogP contribution in [-0.4, -0.2) is 30.5 Å². The first-order valence-corrected chi connectivity index (χ1v) is 3.81. The molecule has 0 saturated heterocycles. The lowest BCUT2D eigenvalue weighted by Gasteiger charge is -2.15. The van der Waals surface area contributed by atoms with Crippen molar-refractivity contribution in [3.63, 3.8) is 0 Å². The van der Waals surface area contributed by atoms with Gasteiger partial charge in [0.2, 0.25) is 6.10 Å². The number of methoxy groups -OCH3 is 1. The second-order valence-electron chi connectivity index (χ2n) is 2.23. The Morgan fingerprint density at radius 3 is 2.17 bits per heavy atom. The predicted molar refractivity (Wildman–Crippen MR) is 42.9 cm³/mol. The molecule has 0 unspecified atom stereocenters. The molecule has 0 aromatic carbocycles. The van der Waals surface area contributed by atoms with Gasteiger partial charge in [-0.05, 0) is 6.92 Å². The highest BCUT2D eigenvalue weighted by molar-refractivity contribution is 6.22. The minimum atomic E-state index is -1.02. The van der Waals surface area contributed by atoms with E-state index in [0.717, 1.165) is 0 Å². The van der Waals surface area contributed by atoms with Crippen molar-refractivity contribution in [2.24, 2.45) is 0 Å². The number of carbonyl (C=O) groups is 2. The van der Waals surface area contributed by atoms with Crippen molar-refractivity contribution in [2.75, 3.05) is 7.11 Å². The predicted octanol–water partition coefficient (Wildman–Crippen LogP) is 0.718. The Labute approximate surface area is 75.8 Å². The molecule has 0 amide bonds. The summed E-state index contributed by atoms with van der Waals surface area (Å²) < 4.78 is 8.99. The molecule has 0 aromatic heterocycles. The maximum absolute atomic E-state index is 10.9. The number of hydrogen-bond donors (Lipinski definition) is 0. The molecule has 0 bridgehead atoms. The van der Waals surface area contributed by atoms with E-state index < -0.39 is 23.4 Å². The van der Waals surface area contributed by atoms with Gasteiger partial charge in [-0.25, -0.2) is 4.79 Å². The summed E-state index contributed by atoms with van der Waals surface area (Å²) in [7, 11) is 1.21. The molecule has 0 radical (unpaired) electrons. The lowest BCUT2D eigenvalue weighted by molar-refractivity contribution is -0.164. The van der Waals surface area contributed by atoms with Crippen molar-refractivity contribution in [2.45, 2.75) is 25.3 Å².